The number of aromatic nitrogens is 2. The Balaban J connectivity index is 1.84. The third kappa shape index (κ3) is 2.10. The zero-order chi connectivity index (χ0) is 12.7. The molecule has 2 fully saturated rings. The minimum atomic E-state index is 0.567. The van der Waals surface area contributed by atoms with E-state index in [-0.39, 0.29) is 0 Å². The van der Waals surface area contributed by atoms with Crippen LogP contribution in [0.4, 0.5) is 0 Å². The lowest BCUT2D eigenvalue weighted by atomic mass is 9.90. The van der Waals surface area contributed by atoms with Crippen LogP contribution in [0.15, 0.2) is 6.20 Å². The normalized spacial score (nSPS) is 31.8. The van der Waals surface area contributed by atoms with Crippen LogP contribution < -0.4 is 0 Å². The van der Waals surface area contributed by atoms with Crippen molar-refractivity contribution in [3.05, 3.63) is 23.3 Å². The van der Waals surface area contributed by atoms with Crippen LogP contribution in [0, 0.1) is 6.92 Å². The molecule has 0 amide bonds. The third-order valence-corrected chi connectivity index (χ3v) is 5.22. The van der Waals surface area contributed by atoms with Gasteiger partial charge in [0, 0.05) is 29.5 Å². The summed E-state index contributed by atoms with van der Waals surface area (Å²) in [5.41, 5.74) is 2.33. The van der Waals surface area contributed by atoms with Crippen molar-refractivity contribution in [2.24, 2.45) is 0 Å². The van der Waals surface area contributed by atoms with E-state index in [2.05, 4.69) is 39.8 Å². The highest BCUT2D eigenvalue weighted by atomic mass is 79.9. The molecule has 0 saturated carbocycles. The van der Waals surface area contributed by atoms with Crippen LogP contribution in [0.3, 0.4) is 0 Å². The first kappa shape index (κ1) is 12.5. The van der Waals surface area contributed by atoms with Gasteiger partial charge in [-0.05, 0) is 45.2 Å². The maximum absolute atomic E-state index is 4.76. The molecule has 0 aliphatic carbocycles. The van der Waals surface area contributed by atoms with E-state index in [0.717, 1.165) is 28.9 Å². The van der Waals surface area contributed by atoms with Crippen LogP contribution in [0.2, 0.25) is 0 Å². The van der Waals surface area contributed by atoms with Crippen LogP contribution >= 0.6 is 15.9 Å². The van der Waals surface area contributed by atoms with Gasteiger partial charge in [-0.25, -0.2) is 9.97 Å². The van der Waals surface area contributed by atoms with Gasteiger partial charge in [-0.1, -0.05) is 15.9 Å². The zero-order valence-corrected chi connectivity index (χ0v) is 12.7. The molecule has 1 aromatic rings. The molecular weight excluding hydrogens is 290 g/mol. The second-order valence-corrected chi connectivity index (χ2v) is 6.27. The van der Waals surface area contributed by atoms with Gasteiger partial charge in [0.15, 0.2) is 0 Å². The summed E-state index contributed by atoms with van der Waals surface area (Å²) >= 11 is 3.51. The third-order valence-electron chi connectivity index (χ3n) is 4.69. The van der Waals surface area contributed by atoms with E-state index < -0.39 is 0 Å². The summed E-state index contributed by atoms with van der Waals surface area (Å²) in [5.74, 6) is 1.64. The van der Waals surface area contributed by atoms with E-state index in [1.165, 1.54) is 31.2 Å². The van der Waals surface area contributed by atoms with Crippen molar-refractivity contribution < 1.29 is 0 Å². The Bertz CT molecular complexity index is 435. The minimum Gasteiger partial charge on any atom is -0.300 e. The van der Waals surface area contributed by atoms with E-state index in [1.807, 2.05) is 6.20 Å². The highest BCUT2D eigenvalue weighted by molar-refractivity contribution is 9.08. The topological polar surface area (TPSA) is 29.0 Å². The Morgan fingerprint density at radius 3 is 2.61 bits per heavy atom. The van der Waals surface area contributed by atoms with E-state index in [4.69, 9.17) is 4.98 Å². The molecule has 0 spiro atoms. The molecule has 3 nitrogen and oxygen atoms in total. The molecule has 0 radical (unpaired) electrons. The monoisotopic (exact) mass is 309 g/mol. The lowest BCUT2D eigenvalue weighted by Crippen LogP contribution is -2.39. The molecule has 98 valence electrons. The molecular formula is C14H20BrN3. The van der Waals surface area contributed by atoms with Crippen LogP contribution in [-0.4, -0.2) is 34.0 Å². The van der Waals surface area contributed by atoms with E-state index in [1.54, 1.807) is 0 Å². The van der Waals surface area contributed by atoms with Crippen molar-refractivity contribution >= 4 is 15.9 Å². The van der Waals surface area contributed by atoms with Crippen molar-refractivity contribution in [2.45, 2.75) is 55.9 Å². The Labute approximate surface area is 117 Å². The predicted octanol–water partition coefficient (Wildman–Crippen LogP) is 3.02. The number of fused-ring (bicyclic) bond motifs is 2. The number of rotatable bonds is 2. The van der Waals surface area contributed by atoms with Crippen LogP contribution in [0.25, 0.3) is 0 Å². The minimum absolute atomic E-state index is 0.567. The lowest BCUT2D eigenvalue weighted by Gasteiger charge is -2.35. The summed E-state index contributed by atoms with van der Waals surface area (Å²) in [6.45, 7) is 2.08. The molecule has 0 N–H and O–H groups in total. The maximum atomic E-state index is 4.76. The molecule has 18 heavy (non-hydrogen) atoms. The second-order valence-electron chi connectivity index (χ2n) is 5.71. The van der Waals surface area contributed by atoms with Gasteiger partial charge >= 0.3 is 0 Å². The average molecular weight is 310 g/mol. The van der Waals surface area contributed by atoms with Crippen molar-refractivity contribution in [3.8, 4) is 0 Å². The van der Waals surface area contributed by atoms with Gasteiger partial charge in [0.2, 0.25) is 0 Å². The van der Waals surface area contributed by atoms with Gasteiger partial charge in [0.1, 0.15) is 5.82 Å². The van der Waals surface area contributed by atoms with Crippen LogP contribution in [0.5, 0.6) is 0 Å². The molecule has 2 aliphatic rings. The molecule has 2 saturated heterocycles. The number of halogens is 1. The predicted molar refractivity (Wildman–Crippen MR) is 75.9 cm³/mol. The van der Waals surface area contributed by atoms with Crippen LogP contribution in [0.1, 0.15) is 48.7 Å². The van der Waals surface area contributed by atoms with Crippen molar-refractivity contribution in [3.63, 3.8) is 0 Å². The smallest absolute Gasteiger partial charge is 0.131 e. The standard InChI is InChI=1S/C14H20BrN3/c1-9-8-16-14(17-13(9)7-15)10-5-11-3-4-12(6-10)18(11)2/h8,10-12H,3-7H2,1-2H3. The Morgan fingerprint density at radius 1 is 1.33 bits per heavy atom. The highest BCUT2D eigenvalue weighted by Crippen LogP contribution is 2.41. The van der Waals surface area contributed by atoms with Gasteiger partial charge < -0.3 is 4.90 Å². The van der Waals surface area contributed by atoms with Crippen LogP contribution in [-0.2, 0) is 5.33 Å². The largest absolute Gasteiger partial charge is 0.300 e. The van der Waals surface area contributed by atoms with E-state index >= 15 is 0 Å². The number of aryl methyl sites for hydroxylation is 1. The fourth-order valence-corrected chi connectivity index (χ4v) is 4.01. The lowest BCUT2D eigenvalue weighted by molar-refractivity contribution is 0.159. The Kier molecular flexibility index (Phi) is 3.41. The van der Waals surface area contributed by atoms with Gasteiger partial charge in [-0.2, -0.15) is 0 Å². The quantitative estimate of drug-likeness (QED) is 0.786. The summed E-state index contributed by atoms with van der Waals surface area (Å²) in [6, 6.07) is 1.51. The summed E-state index contributed by atoms with van der Waals surface area (Å²) in [5, 5.41) is 0.827. The fourth-order valence-electron chi connectivity index (χ4n) is 3.45. The molecule has 0 aromatic carbocycles. The van der Waals surface area contributed by atoms with Gasteiger partial charge in [0.25, 0.3) is 0 Å². The Morgan fingerprint density at radius 2 is 2.00 bits per heavy atom. The first-order chi connectivity index (χ1) is 8.69. The molecule has 2 unspecified atom stereocenters. The summed E-state index contributed by atoms with van der Waals surface area (Å²) in [6.07, 6.45) is 7.17. The first-order valence-electron chi connectivity index (χ1n) is 6.79. The van der Waals surface area contributed by atoms with Gasteiger partial charge in [-0.15, -0.1) is 0 Å². The number of hydrogen-bond donors (Lipinski definition) is 0. The average Bonchev–Trinajstić information content (AvgIpc) is 2.62. The van der Waals surface area contributed by atoms with Crippen molar-refractivity contribution in [1.29, 1.82) is 0 Å². The van der Waals surface area contributed by atoms with Crippen molar-refractivity contribution in [2.75, 3.05) is 7.05 Å². The molecule has 2 bridgehead atoms. The Hall–Kier alpha value is -0.480. The molecule has 3 heterocycles. The molecule has 3 rings (SSSR count). The SMILES string of the molecule is Cc1cnc(C2CC3CCC(C2)N3C)nc1CBr. The summed E-state index contributed by atoms with van der Waals surface area (Å²) in [4.78, 5) is 11.9. The molecule has 2 atom stereocenters. The number of alkyl halides is 1. The summed E-state index contributed by atoms with van der Waals surface area (Å²) < 4.78 is 0. The van der Waals surface area contributed by atoms with Gasteiger partial charge in [0.05, 0.1) is 5.69 Å². The first-order valence-corrected chi connectivity index (χ1v) is 7.91. The number of hydrogen-bond acceptors (Lipinski definition) is 3. The molecule has 1 aromatic heterocycles. The zero-order valence-electron chi connectivity index (χ0n) is 11.1. The maximum Gasteiger partial charge on any atom is 0.131 e. The van der Waals surface area contributed by atoms with Gasteiger partial charge in [-0.3, -0.25) is 0 Å². The molecule has 4 heteroatoms. The summed E-state index contributed by atoms with van der Waals surface area (Å²) in [7, 11) is 2.28. The van der Waals surface area contributed by atoms with E-state index in [9.17, 15) is 0 Å². The fraction of sp³-hybridized carbons (Fsp3) is 0.714. The van der Waals surface area contributed by atoms with E-state index in [0.29, 0.717) is 5.92 Å². The number of nitrogens with zero attached hydrogens (tertiary/aromatic N) is 3. The molecule has 2 aliphatic heterocycles. The highest BCUT2D eigenvalue weighted by Gasteiger charge is 2.39. The second kappa shape index (κ2) is 4.89. The van der Waals surface area contributed by atoms with Crippen molar-refractivity contribution in [1.82, 2.24) is 14.9 Å². The number of piperidine rings is 1.